The van der Waals surface area contributed by atoms with Crippen molar-refractivity contribution < 1.29 is 32.7 Å². The van der Waals surface area contributed by atoms with Gasteiger partial charge in [0.15, 0.2) is 0 Å². The van der Waals surface area contributed by atoms with Crippen LogP contribution in [-0.2, 0) is 14.3 Å². The van der Waals surface area contributed by atoms with Crippen LogP contribution in [-0.4, -0.2) is 65.5 Å². The molecule has 2 aliphatic rings. The molecule has 1 saturated carbocycles. The van der Waals surface area contributed by atoms with Crippen molar-refractivity contribution in [3.8, 4) is 6.07 Å². The van der Waals surface area contributed by atoms with E-state index in [1.54, 1.807) is 0 Å². The van der Waals surface area contributed by atoms with E-state index >= 15 is 0 Å². The molecule has 0 spiro atoms. The van der Waals surface area contributed by atoms with Crippen LogP contribution in [0.3, 0.4) is 0 Å². The van der Waals surface area contributed by atoms with E-state index in [2.05, 4.69) is 15.5 Å². The molecular formula is C19H30F3N5O4S. The number of hydrogen-bond acceptors (Lipinski definition) is 8. The van der Waals surface area contributed by atoms with E-state index in [1.807, 2.05) is 26.8 Å². The Morgan fingerprint density at radius 1 is 1.25 bits per heavy atom. The lowest BCUT2D eigenvalue weighted by Gasteiger charge is -2.37. The predicted octanol–water partition coefficient (Wildman–Crippen LogP) is 0.677. The number of carbonyl (C=O) groups excluding carboxylic acids is 2. The van der Waals surface area contributed by atoms with E-state index in [-0.39, 0.29) is 42.0 Å². The zero-order valence-electron chi connectivity index (χ0n) is 18.3. The molecule has 3 unspecified atom stereocenters. The van der Waals surface area contributed by atoms with Crippen molar-refractivity contribution in [3.63, 3.8) is 0 Å². The van der Waals surface area contributed by atoms with Gasteiger partial charge in [0.2, 0.25) is 11.5 Å². The molecule has 1 aliphatic carbocycles. The molecule has 0 bridgehead atoms. The number of rotatable bonds is 7. The van der Waals surface area contributed by atoms with E-state index in [4.69, 9.17) is 0 Å². The van der Waals surface area contributed by atoms with Gasteiger partial charge >= 0.3 is 12.1 Å². The van der Waals surface area contributed by atoms with Crippen molar-refractivity contribution in [2.75, 3.05) is 18.8 Å². The summed E-state index contributed by atoms with van der Waals surface area (Å²) in [5.74, 6) is -2.13. The largest absolute Gasteiger partial charge is 0.613 e. The van der Waals surface area contributed by atoms with Gasteiger partial charge in [-0.15, -0.1) is 0 Å². The van der Waals surface area contributed by atoms with Crippen LogP contribution in [0.4, 0.5) is 13.2 Å². The maximum atomic E-state index is 12.5. The van der Waals surface area contributed by atoms with Crippen molar-refractivity contribution in [1.82, 2.24) is 15.6 Å². The van der Waals surface area contributed by atoms with Crippen molar-refractivity contribution in [2.45, 2.75) is 76.3 Å². The third-order valence-electron chi connectivity index (χ3n) is 5.44. The van der Waals surface area contributed by atoms with Crippen LogP contribution < -0.4 is 15.9 Å². The molecule has 1 heterocycles. The number of halogens is 3. The van der Waals surface area contributed by atoms with Crippen LogP contribution in [0.25, 0.3) is 0 Å². The van der Waals surface area contributed by atoms with Crippen molar-refractivity contribution in [3.05, 3.63) is 5.21 Å². The number of hydrogen-bond donors (Lipinski definition) is 3. The number of amides is 1. The van der Waals surface area contributed by atoms with E-state index in [0.717, 1.165) is 11.8 Å². The van der Waals surface area contributed by atoms with Gasteiger partial charge in [0.1, 0.15) is 12.1 Å². The fourth-order valence-electron chi connectivity index (χ4n) is 3.50. The van der Waals surface area contributed by atoms with Gasteiger partial charge in [0.25, 0.3) is 0 Å². The van der Waals surface area contributed by atoms with Crippen molar-refractivity contribution in [1.29, 1.82) is 5.26 Å². The highest BCUT2D eigenvalue weighted by molar-refractivity contribution is 8.00. The van der Waals surface area contributed by atoms with Crippen molar-refractivity contribution >= 4 is 23.6 Å². The Balaban J connectivity index is 1.77. The summed E-state index contributed by atoms with van der Waals surface area (Å²) in [6.45, 7) is 5.70. The van der Waals surface area contributed by atoms with E-state index in [9.17, 15) is 33.2 Å². The first-order valence-electron chi connectivity index (χ1n) is 10.5. The average Bonchev–Trinajstić information content (AvgIpc) is 3.08. The lowest BCUT2D eigenvalue weighted by molar-refractivity contribution is -0.923. The molecule has 9 nitrogen and oxygen atoms in total. The van der Waals surface area contributed by atoms with Crippen LogP contribution in [0.2, 0.25) is 0 Å². The molecule has 1 saturated heterocycles. The average molecular weight is 482 g/mol. The number of thioether (sulfide) groups is 1. The number of nitriles is 1. The molecule has 0 aromatic carbocycles. The third kappa shape index (κ3) is 7.48. The maximum Gasteiger partial charge on any atom is 0.491 e. The zero-order chi connectivity index (χ0) is 24.1. The third-order valence-corrected chi connectivity index (χ3v) is 6.60. The molecule has 3 atom stereocenters. The smallest absolute Gasteiger partial charge is 0.491 e. The first-order chi connectivity index (χ1) is 14.8. The molecule has 2 rings (SSSR count). The minimum absolute atomic E-state index is 0.0262. The minimum atomic E-state index is -5.11. The molecule has 1 aliphatic heterocycles. The molecule has 3 N–H and O–H groups in total. The van der Waals surface area contributed by atoms with Crippen LogP contribution in [0.15, 0.2) is 0 Å². The second kappa shape index (κ2) is 11.0. The summed E-state index contributed by atoms with van der Waals surface area (Å²) in [5.41, 5.74) is 1.05. The first kappa shape index (κ1) is 26.7. The van der Waals surface area contributed by atoms with Gasteiger partial charge in [-0.05, 0) is 12.8 Å². The van der Waals surface area contributed by atoms with Gasteiger partial charge in [-0.1, -0.05) is 32.5 Å². The number of quaternary nitrogens is 1. The van der Waals surface area contributed by atoms with Crippen LogP contribution in [0.5, 0.6) is 0 Å². The molecular weight excluding hydrogens is 451 g/mol. The summed E-state index contributed by atoms with van der Waals surface area (Å²) in [5, 5.41) is 24.5. The molecule has 0 aromatic heterocycles. The molecule has 0 radical (unpaired) electrons. The highest BCUT2D eigenvalue weighted by Crippen LogP contribution is 2.31. The van der Waals surface area contributed by atoms with Gasteiger partial charge < -0.3 is 15.3 Å². The standard InChI is InChI=1S/C19H30F3N5O4S/c1-18(2,3)15(28)25-12-4-6-13(7-5-12)27(30)24-8-9-26-14(10-23)11-32-17(26)31-16(29)19(20,21)22/h12-14,17,24,27H,4-9,11H2,1-3H3,(H,25,28). The van der Waals surface area contributed by atoms with Gasteiger partial charge in [0.05, 0.1) is 12.6 Å². The highest BCUT2D eigenvalue weighted by atomic mass is 32.2. The topological polar surface area (TPSA) is 122 Å². The van der Waals surface area contributed by atoms with Gasteiger partial charge in [-0.2, -0.15) is 23.9 Å². The van der Waals surface area contributed by atoms with E-state index in [1.165, 1.54) is 4.90 Å². The zero-order valence-corrected chi connectivity index (χ0v) is 19.1. The van der Waals surface area contributed by atoms with Gasteiger partial charge in [-0.25, -0.2) is 9.69 Å². The molecule has 32 heavy (non-hydrogen) atoms. The monoisotopic (exact) mass is 481 g/mol. The second-order valence-electron chi connectivity index (χ2n) is 8.99. The summed E-state index contributed by atoms with van der Waals surface area (Å²) in [6.07, 6.45) is -2.50. The van der Waals surface area contributed by atoms with Gasteiger partial charge in [-0.3, -0.25) is 9.97 Å². The minimum Gasteiger partial charge on any atom is -0.613 e. The van der Waals surface area contributed by atoms with Crippen LogP contribution in [0, 0.1) is 22.0 Å². The Labute approximate surface area is 189 Å². The Bertz CT molecular complexity index is 705. The Kier molecular flexibility index (Phi) is 9.18. The fraction of sp³-hybridized carbons (Fsp3) is 0.842. The molecule has 182 valence electrons. The summed E-state index contributed by atoms with van der Waals surface area (Å²) in [7, 11) is 0. The molecule has 1 amide bonds. The SMILES string of the molecule is CC(C)(C)C(=O)NC1CCC([NH+]([O-])NCCN2C(C#N)CSC2OC(=O)C(F)(F)F)CC1. The fourth-order valence-corrected chi connectivity index (χ4v) is 4.71. The summed E-state index contributed by atoms with van der Waals surface area (Å²) in [4.78, 5) is 24.6. The quantitative estimate of drug-likeness (QED) is 0.359. The molecule has 13 heteroatoms. The number of nitrogens with zero attached hydrogens (tertiary/aromatic N) is 2. The number of hydroxylamine groups is 1. The molecule has 0 aromatic rings. The van der Waals surface area contributed by atoms with E-state index in [0.29, 0.717) is 25.7 Å². The lowest BCUT2D eigenvalue weighted by Crippen LogP contribution is -3.18. The number of nitrogens with one attached hydrogen (secondary N) is 3. The van der Waals surface area contributed by atoms with Gasteiger partial charge in [0, 0.05) is 36.6 Å². The maximum absolute atomic E-state index is 12.5. The first-order valence-corrected chi connectivity index (χ1v) is 11.5. The van der Waals surface area contributed by atoms with Crippen molar-refractivity contribution in [2.24, 2.45) is 5.41 Å². The Morgan fingerprint density at radius 2 is 1.88 bits per heavy atom. The summed E-state index contributed by atoms with van der Waals surface area (Å²) >= 11 is 0.934. The number of alkyl halides is 3. The number of carbonyl (C=O) groups is 2. The summed E-state index contributed by atoms with van der Waals surface area (Å²) in [6, 6.07) is 1.08. The van der Waals surface area contributed by atoms with Crippen LogP contribution in [0.1, 0.15) is 46.5 Å². The normalized spacial score (nSPS) is 28.1. The lowest BCUT2D eigenvalue weighted by atomic mass is 9.89. The number of esters is 1. The number of ether oxygens (including phenoxy) is 1. The predicted molar refractivity (Wildman–Crippen MR) is 110 cm³/mol. The van der Waals surface area contributed by atoms with E-state index < -0.39 is 29.2 Å². The molecule has 2 fully saturated rings. The Morgan fingerprint density at radius 3 is 2.41 bits per heavy atom. The second-order valence-corrected chi connectivity index (χ2v) is 10.1. The Hall–Kier alpha value is -1.59. The van der Waals surface area contributed by atoms with Crippen LogP contribution >= 0.6 is 11.8 Å². The highest BCUT2D eigenvalue weighted by Gasteiger charge is 2.45. The summed E-state index contributed by atoms with van der Waals surface area (Å²) < 4.78 is 41.9.